The second kappa shape index (κ2) is 10.4. The second-order valence-electron chi connectivity index (χ2n) is 7.94. The molecule has 5 rings (SSSR count). The van der Waals surface area contributed by atoms with Gasteiger partial charge in [0.25, 0.3) is 0 Å². The van der Waals surface area contributed by atoms with Crippen LogP contribution in [0.25, 0.3) is 10.9 Å². The normalized spacial score (nSPS) is 19.7. The lowest BCUT2D eigenvalue weighted by Crippen LogP contribution is -2.41. The fourth-order valence-corrected chi connectivity index (χ4v) is 3.74. The molecule has 168 valence electrons. The summed E-state index contributed by atoms with van der Waals surface area (Å²) in [5.74, 6) is 0.696. The minimum atomic E-state index is -0.875. The van der Waals surface area contributed by atoms with Crippen LogP contribution in [0.1, 0.15) is 24.1 Å². The van der Waals surface area contributed by atoms with E-state index in [0.717, 1.165) is 34.7 Å². The van der Waals surface area contributed by atoms with Crippen molar-refractivity contribution in [3.8, 4) is 11.5 Å². The summed E-state index contributed by atoms with van der Waals surface area (Å²) in [5.41, 5.74) is 3.26. The summed E-state index contributed by atoms with van der Waals surface area (Å²) in [7, 11) is 0. The van der Waals surface area contributed by atoms with Crippen LogP contribution in [0.3, 0.4) is 0 Å². The molecule has 2 atom stereocenters. The lowest BCUT2D eigenvalue weighted by atomic mass is 10.0. The Bertz CT molecular complexity index is 1060. The highest BCUT2D eigenvalue weighted by atomic mass is 16.6. The van der Waals surface area contributed by atoms with Crippen molar-refractivity contribution in [3.63, 3.8) is 0 Å². The summed E-state index contributed by atoms with van der Waals surface area (Å²) < 4.78 is 16.4. The van der Waals surface area contributed by atoms with Crippen LogP contribution < -0.4 is 14.8 Å². The van der Waals surface area contributed by atoms with Crippen LogP contribution in [-0.2, 0) is 16.1 Å². The molecule has 0 radical (unpaired) electrons. The summed E-state index contributed by atoms with van der Waals surface area (Å²) >= 11 is 0. The van der Waals surface area contributed by atoms with Crippen LogP contribution >= 0.6 is 0 Å². The van der Waals surface area contributed by atoms with E-state index in [2.05, 4.69) is 22.4 Å². The van der Waals surface area contributed by atoms with Crippen molar-refractivity contribution in [2.24, 2.45) is 0 Å². The van der Waals surface area contributed by atoms with Crippen molar-refractivity contribution in [1.29, 1.82) is 0 Å². The van der Waals surface area contributed by atoms with Crippen molar-refractivity contribution in [2.45, 2.75) is 38.5 Å². The van der Waals surface area contributed by atoms with Gasteiger partial charge in [0.15, 0.2) is 17.6 Å². The number of carbonyl (C=O) groups is 1. The van der Waals surface area contributed by atoms with Gasteiger partial charge in [-0.05, 0) is 49.6 Å². The Morgan fingerprint density at radius 1 is 1.06 bits per heavy atom. The number of aliphatic carboxylic acids is 1. The lowest BCUT2D eigenvalue weighted by Gasteiger charge is -2.27. The zero-order valence-corrected chi connectivity index (χ0v) is 18.1. The van der Waals surface area contributed by atoms with Gasteiger partial charge in [-0.15, -0.1) is 0 Å². The quantitative estimate of drug-likeness (QED) is 0.644. The van der Waals surface area contributed by atoms with Crippen molar-refractivity contribution in [2.75, 3.05) is 19.8 Å². The van der Waals surface area contributed by atoms with Crippen LogP contribution in [0.4, 0.5) is 0 Å². The maximum absolute atomic E-state index is 10.8. The summed E-state index contributed by atoms with van der Waals surface area (Å²) in [6, 6.07) is 18.4. The van der Waals surface area contributed by atoms with Crippen molar-refractivity contribution < 1.29 is 24.1 Å². The Kier molecular flexibility index (Phi) is 7.19. The number of nitrogens with zero attached hydrogens (tertiary/aromatic N) is 1. The molecule has 2 aliphatic rings. The molecule has 7 nitrogen and oxygen atoms in total. The third-order valence-electron chi connectivity index (χ3n) is 5.49. The van der Waals surface area contributed by atoms with E-state index >= 15 is 0 Å². The Morgan fingerprint density at radius 2 is 1.88 bits per heavy atom. The van der Waals surface area contributed by atoms with E-state index in [1.807, 2.05) is 49.4 Å². The van der Waals surface area contributed by atoms with Crippen LogP contribution in [0, 0.1) is 6.92 Å². The number of fused-ring (bicyclic) bond motifs is 2. The number of rotatable bonds is 4. The summed E-state index contributed by atoms with van der Waals surface area (Å²) in [6.45, 7) is 4.31. The second-order valence-corrected chi connectivity index (χ2v) is 7.94. The molecular formula is C25H28N2O5. The number of ether oxygens (including phenoxy) is 3. The van der Waals surface area contributed by atoms with Crippen LogP contribution in [0.2, 0.25) is 0 Å². The lowest BCUT2D eigenvalue weighted by molar-refractivity contribution is -0.154. The molecule has 7 heteroatoms. The van der Waals surface area contributed by atoms with Crippen LogP contribution in [-0.4, -0.2) is 48.0 Å². The molecule has 0 amide bonds. The number of aryl methyl sites for hydroxylation is 1. The zero-order chi connectivity index (χ0) is 22.3. The largest absolute Gasteiger partial charge is 0.486 e. The first-order valence-electron chi connectivity index (χ1n) is 10.9. The number of hydrogen-bond donors (Lipinski definition) is 2. The molecule has 0 saturated carbocycles. The topological polar surface area (TPSA) is 89.9 Å². The van der Waals surface area contributed by atoms with Crippen molar-refractivity contribution in [1.82, 2.24) is 10.3 Å². The molecule has 1 saturated heterocycles. The Labute approximate surface area is 187 Å². The smallest absolute Gasteiger partial charge is 0.332 e. The first-order chi connectivity index (χ1) is 15.6. The molecule has 0 unspecified atom stereocenters. The van der Waals surface area contributed by atoms with Gasteiger partial charge in [0.05, 0.1) is 12.1 Å². The summed E-state index contributed by atoms with van der Waals surface area (Å²) in [5, 5.41) is 13.5. The summed E-state index contributed by atoms with van der Waals surface area (Å²) in [6.07, 6.45) is 0.702. The molecule has 0 bridgehead atoms. The van der Waals surface area contributed by atoms with Crippen molar-refractivity contribution in [3.05, 3.63) is 65.9 Å². The highest BCUT2D eigenvalue weighted by Gasteiger charge is 2.26. The van der Waals surface area contributed by atoms with E-state index in [9.17, 15) is 4.79 Å². The number of para-hydroxylation sites is 1. The first kappa shape index (κ1) is 22.0. The summed E-state index contributed by atoms with van der Waals surface area (Å²) in [4.78, 5) is 15.2. The van der Waals surface area contributed by atoms with E-state index in [0.29, 0.717) is 32.8 Å². The van der Waals surface area contributed by atoms with E-state index in [1.165, 1.54) is 5.39 Å². The van der Waals surface area contributed by atoms with Gasteiger partial charge in [0.2, 0.25) is 0 Å². The number of carboxylic acids is 1. The molecule has 1 aromatic heterocycles. The maximum Gasteiger partial charge on any atom is 0.332 e. The number of carboxylic acid groups (broad SMARTS) is 1. The van der Waals surface area contributed by atoms with E-state index in [-0.39, 0.29) is 6.04 Å². The fourth-order valence-electron chi connectivity index (χ4n) is 3.74. The molecule has 3 aromatic rings. The van der Waals surface area contributed by atoms with Gasteiger partial charge in [-0.1, -0.05) is 30.3 Å². The monoisotopic (exact) mass is 436 g/mol. The first-order valence-corrected chi connectivity index (χ1v) is 10.9. The Morgan fingerprint density at radius 3 is 2.66 bits per heavy atom. The molecule has 32 heavy (non-hydrogen) atoms. The molecule has 2 N–H and O–H groups in total. The SMILES string of the molecule is Cc1ccc2ccccc2n1.O=C(O)[C@@H]1CC[C@@H](NCc2ccc3c(c2)OCCO3)CO1. The molecular weight excluding hydrogens is 408 g/mol. The van der Waals surface area contributed by atoms with Crippen LogP contribution in [0.5, 0.6) is 11.5 Å². The van der Waals surface area contributed by atoms with Crippen LogP contribution in [0.15, 0.2) is 54.6 Å². The number of hydrogen-bond acceptors (Lipinski definition) is 6. The van der Waals surface area contributed by atoms with E-state index in [4.69, 9.17) is 19.3 Å². The number of aromatic nitrogens is 1. The third-order valence-corrected chi connectivity index (χ3v) is 5.49. The Hall–Kier alpha value is -3.16. The molecule has 2 aromatic carbocycles. The number of benzene rings is 2. The van der Waals surface area contributed by atoms with Crippen molar-refractivity contribution >= 4 is 16.9 Å². The molecule has 1 fully saturated rings. The molecule has 0 spiro atoms. The van der Waals surface area contributed by atoms with Gasteiger partial charge >= 0.3 is 5.97 Å². The third kappa shape index (κ3) is 5.75. The standard InChI is InChI=1S/C15H19NO5.C10H9N/c17-15(18)13-4-2-11(9-21-13)16-8-10-1-3-12-14(7-10)20-6-5-19-12;1-8-6-7-9-4-2-3-5-10(9)11-8/h1,3,7,11,13,16H,2,4-6,8-9H2,(H,17,18);2-7H,1H3/t11-,13+;/m1./s1. The van der Waals surface area contributed by atoms with Gasteiger partial charge in [0, 0.05) is 23.7 Å². The number of nitrogens with one attached hydrogen (secondary N) is 1. The highest BCUT2D eigenvalue weighted by molar-refractivity contribution is 5.78. The fraction of sp³-hybridized carbons (Fsp3) is 0.360. The number of pyridine rings is 1. The predicted molar refractivity (Wildman–Crippen MR) is 121 cm³/mol. The Balaban J connectivity index is 0.000000186. The van der Waals surface area contributed by atoms with Gasteiger partial charge in [-0.3, -0.25) is 4.98 Å². The van der Waals surface area contributed by atoms with E-state index < -0.39 is 12.1 Å². The van der Waals surface area contributed by atoms with Gasteiger partial charge in [0.1, 0.15) is 13.2 Å². The van der Waals surface area contributed by atoms with E-state index in [1.54, 1.807) is 0 Å². The average Bonchev–Trinajstić information content (AvgIpc) is 2.83. The predicted octanol–water partition coefficient (Wildman–Crippen LogP) is 3.72. The minimum absolute atomic E-state index is 0.189. The average molecular weight is 437 g/mol. The molecule has 3 heterocycles. The van der Waals surface area contributed by atoms with Gasteiger partial charge in [-0.25, -0.2) is 4.79 Å². The molecule has 2 aliphatic heterocycles. The zero-order valence-electron chi connectivity index (χ0n) is 18.1. The van der Waals surface area contributed by atoms with Gasteiger partial charge in [-0.2, -0.15) is 0 Å². The highest BCUT2D eigenvalue weighted by Crippen LogP contribution is 2.30. The molecule has 0 aliphatic carbocycles. The minimum Gasteiger partial charge on any atom is -0.486 e. The van der Waals surface area contributed by atoms with Gasteiger partial charge < -0.3 is 24.6 Å². The maximum atomic E-state index is 10.8.